The third-order valence-electron chi connectivity index (χ3n) is 9.02. The molecule has 4 aromatic carbocycles. The second-order valence-electron chi connectivity index (χ2n) is 13.0. The molecule has 6 rings (SSSR count). The molecule has 0 saturated carbocycles. The molecule has 0 N–H and O–H groups in total. The topological polar surface area (TPSA) is 25.8 Å². The van der Waals surface area contributed by atoms with Gasteiger partial charge in [-0.3, -0.25) is 9.97 Å². The maximum Gasteiger partial charge on any atom is 0.0702 e. The summed E-state index contributed by atoms with van der Waals surface area (Å²) in [5.74, 6) is 0. The first-order valence-corrected chi connectivity index (χ1v) is 18.4. The Morgan fingerprint density at radius 1 is 0.306 bits per heavy atom. The van der Waals surface area contributed by atoms with E-state index in [2.05, 4.69) is 159 Å². The molecular weight excluding hydrogens is 593 g/mol. The standard InChI is InChI=1S/C24H27N.C23H25N/c1-3-5-7-19-8-11-21(12-9-19)22-13-15-23(16-14-22)24-17-10-20(6-4-2)18-25-24;1-3-5-18-7-10-20(11-8-18)21-12-14-22(15-13-21)23-16-9-19(6-4-2)17-24-23/h8-18H,3-7H2,1-2H3;7-17H,3-6H2,1-2H3. The zero-order chi connectivity index (χ0) is 34.3. The van der Waals surface area contributed by atoms with Gasteiger partial charge < -0.3 is 0 Å². The zero-order valence-electron chi connectivity index (χ0n) is 30.0. The van der Waals surface area contributed by atoms with Gasteiger partial charge in [0.25, 0.3) is 0 Å². The maximum atomic E-state index is 4.61. The smallest absolute Gasteiger partial charge is 0.0702 e. The normalized spacial score (nSPS) is 10.8. The van der Waals surface area contributed by atoms with E-state index in [0.29, 0.717) is 0 Å². The SMILES string of the molecule is CCCCc1ccc(-c2ccc(-c3ccc(CCC)cn3)cc2)cc1.CCCc1ccc(-c2ccc(-c3ccc(CCC)cn3)cc2)cc1. The van der Waals surface area contributed by atoms with E-state index in [9.17, 15) is 0 Å². The molecule has 2 heteroatoms. The summed E-state index contributed by atoms with van der Waals surface area (Å²) < 4.78 is 0. The van der Waals surface area contributed by atoms with Crippen molar-refractivity contribution in [2.75, 3.05) is 0 Å². The monoisotopic (exact) mass is 644 g/mol. The minimum Gasteiger partial charge on any atom is -0.256 e. The van der Waals surface area contributed by atoms with Gasteiger partial charge in [0.2, 0.25) is 0 Å². The number of nitrogens with zero attached hydrogens (tertiary/aromatic N) is 2. The molecule has 0 radical (unpaired) electrons. The van der Waals surface area contributed by atoms with Crippen LogP contribution in [-0.2, 0) is 25.7 Å². The lowest BCUT2D eigenvalue weighted by Crippen LogP contribution is -1.88. The van der Waals surface area contributed by atoms with Gasteiger partial charge >= 0.3 is 0 Å². The number of unbranched alkanes of at least 4 members (excludes halogenated alkanes) is 1. The van der Waals surface area contributed by atoms with Crippen LogP contribution in [0.3, 0.4) is 0 Å². The molecule has 0 saturated heterocycles. The number of hydrogen-bond acceptors (Lipinski definition) is 2. The number of rotatable bonds is 13. The fraction of sp³-hybridized carbons (Fsp3) is 0.277. The molecule has 0 unspecified atom stereocenters. The molecule has 0 atom stereocenters. The van der Waals surface area contributed by atoms with Crippen LogP contribution < -0.4 is 0 Å². The van der Waals surface area contributed by atoms with E-state index in [1.165, 1.54) is 81.3 Å². The minimum absolute atomic E-state index is 1.04. The number of hydrogen-bond donors (Lipinski definition) is 0. The highest BCUT2D eigenvalue weighted by atomic mass is 14.7. The van der Waals surface area contributed by atoms with Crippen molar-refractivity contribution < 1.29 is 0 Å². The van der Waals surface area contributed by atoms with Gasteiger partial charge in [-0.05, 0) is 88.7 Å². The van der Waals surface area contributed by atoms with E-state index in [1.807, 2.05) is 12.4 Å². The van der Waals surface area contributed by atoms with Crippen molar-refractivity contribution in [3.8, 4) is 44.8 Å². The third-order valence-corrected chi connectivity index (χ3v) is 9.02. The molecule has 2 aromatic heterocycles. The van der Waals surface area contributed by atoms with Crippen LogP contribution >= 0.6 is 0 Å². The molecule has 0 fully saturated rings. The van der Waals surface area contributed by atoms with E-state index in [1.54, 1.807) is 0 Å². The lowest BCUT2D eigenvalue weighted by Gasteiger charge is -2.07. The third kappa shape index (κ3) is 10.3. The number of pyridine rings is 2. The first-order chi connectivity index (χ1) is 24.1. The van der Waals surface area contributed by atoms with E-state index < -0.39 is 0 Å². The highest BCUT2D eigenvalue weighted by Gasteiger charge is 2.04. The summed E-state index contributed by atoms with van der Waals surface area (Å²) in [7, 11) is 0. The lowest BCUT2D eigenvalue weighted by molar-refractivity contribution is 0.795. The summed E-state index contributed by atoms with van der Waals surface area (Å²) >= 11 is 0. The number of benzene rings is 4. The maximum absolute atomic E-state index is 4.61. The van der Waals surface area contributed by atoms with Gasteiger partial charge in [-0.15, -0.1) is 0 Å². The van der Waals surface area contributed by atoms with E-state index in [4.69, 9.17) is 0 Å². The molecule has 0 amide bonds. The molecular formula is C47H52N2. The highest BCUT2D eigenvalue weighted by molar-refractivity contribution is 5.70. The Labute approximate surface area is 295 Å². The number of aryl methyl sites for hydroxylation is 4. The van der Waals surface area contributed by atoms with Gasteiger partial charge in [0.15, 0.2) is 0 Å². The van der Waals surface area contributed by atoms with Crippen LogP contribution in [0, 0.1) is 0 Å². The fourth-order valence-electron chi connectivity index (χ4n) is 6.13. The second-order valence-corrected chi connectivity index (χ2v) is 13.0. The van der Waals surface area contributed by atoms with Crippen molar-refractivity contribution >= 4 is 0 Å². The van der Waals surface area contributed by atoms with E-state index >= 15 is 0 Å². The molecule has 2 heterocycles. The van der Waals surface area contributed by atoms with Gasteiger partial charge in [-0.1, -0.05) is 163 Å². The Hall–Kier alpha value is -4.82. The molecule has 250 valence electrons. The van der Waals surface area contributed by atoms with Crippen LogP contribution in [0.25, 0.3) is 44.8 Å². The van der Waals surface area contributed by atoms with E-state index in [-0.39, 0.29) is 0 Å². The number of aromatic nitrogens is 2. The molecule has 49 heavy (non-hydrogen) atoms. The van der Waals surface area contributed by atoms with Gasteiger partial charge in [-0.25, -0.2) is 0 Å². The van der Waals surface area contributed by atoms with Crippen LogP contribution in [0.1, 0.15) is 82.1 Å². The van der Waals surface area contributed by atoms with Crippen LogP contribution in [0.2, 0.25) is 0 Å². The Balaban J connectivity index is 0.000000191. The summed E-state index contributed by atoms with van der Waals surface area (Å²) in [4.78, 5) is 9.21. The van der Waals surface area contributed by atoms with Gasteiger partial charge in [0.1, 0.15) is 0 Å². The van der Waals surface area contributed by atoms with Crippen molar-refractivity contribution in [2.24, 2.45) is 0 Å². The molecule has 0 aliphatic rings. The van der Waals surface area contributed by atoms with Crippen LogP contribution in [0.4, 0.5) is 0 Å². The van der Waals surface area contributed by atoms with Crippen molar-refractivity contribution in [3.05, 3.63) is 156 Å². The Kier molecular flexibility index (Phi) is 13.5. The summed E-state index contributed by atoms with van der Waals surface area (Å²) in [6.07, 6.45) is 14.5. The van der Waals surface area contributed by atoms with E-state index in [0.717, 1.165) is 43.5 Å². The molecule has 0 aliphatic carbocycles. The predicted octanol–water partition coefficient (Wildman–Crippen LogP) is 13.0. The van der Waals surface area contributed by atoms with Crippen LogP contribution in [0.5, 0.6) is 0 Å². The summed E-state index contributed by atoms with van der Waals surface area (Å²) in [5.41, 5.74) is 14.9. The van der Waals surface area contributed by atoms with Crippen LogP contribution in [0.15, 0.2) is 134 Å². The van der Waals surface area contributed by atoms with Crippen molar-refractivity contribution in [2.45, 2.75) is 85.5 Å². The predicted molar refractivity (Wildman–Crippen MR) is 211 cm³/mol. The lowest BCUT2D eigenvalue weighted by atomic mass is 10.00. The fourth-order valence-corrected chi connectivity index (χ4v) is 6.13. The zero-order valence-corrected chi connectivity index (χ0v) is 30.0. The quantitative estimate of drug-likeness (QED) is 0.125. The average molecular weight is 645 g/mol. The Morgan fingerprint density at radius 2 is 0.612 bits per heavy atom. The van der Waals surface area contributed by atoms with Crippen molar-refractivity contribution in [3.63, 3.8) is 0 Å². The van der Waals surface area contributed by atoms with Crippen molar-refractivity contribution in [1.82, 2.24) is 9.97 Å². The van der Waals surface area contributed by atoms with Crippen LogP contribution in [-0.4, -0.2) is 9.97 Å². The Morgan fingerprint density at radius 3 is 0.939 bits per heavy atom. The van der Waals surface area contributed by atoms with Gasteiger partial charge in [0.05, 0.1) is 11.4 Å². The van der Waals surface area contributed by atoms with Gasteiger partial charge in [-0.2, -0.15) is 0 Å². The average Bonchev–Trinajstić information content (AvgIpc) is 3.16. The second kappa shape index (κ2) is 18.7. The Bertz CT molecular complexity index is 1730. The first kappa shape index (κ1) is 35.5. The van der Waals surface area contributed by atoms with Gasteiger partial charge in [0, 0.05) is 23.5 Å². The van der Waals surface area contributed by atoms with Crippen molar-refractivity contribution in [1.29, 1.82) is 0 Å². The highest BCUT2D eigenvalue weighted by Crippen LogP contribution is 2.26. The summed E-state index contributed by atoms with van der Waals surface area (Å²) in [6.45, 7) is 8.85. The molecule has 2 nitrogen and oxygen atoms in total. The first-order valence-electron chi connectivity index (χ1n) is 18.4. The molecule has 0 bridgehead atoms. The molecule has 0 aliphatic heterocycles. The molecule has 6 aromatic rings. The largest absolute Gasteiger partial charge is 0.256 e. The molecule has 0 spiro atoms. The summed E-state index contributed by atoms with van der Waals surface area (Å²) in [5, 5.41) is 0. The minimum atomic E-state index is 1.04. The summed E-state index contributed by atoms with van der Waals surface area (Å²) in [6, 6.07) is 43.9.